The Balaban J connectivity index is 3.15. The third-order valence-corrected chi connectivity index (χ3v) is 2.06. The van der Waals surface area contributed by atoms with Crippen molar-refractivity contribution >= 4 is 0 Å². The Morgan fingerprint density at radius 2 is 1.92 bits per heavy atom. The van der Waals surface area contributed by atoms with Gasteiger partial charge in [0, 0.05) is 19.3 Å². The van der Waals surface area contributed by atoms with Gasteiger partial charge in [-0.1, -0.05) is 20.8 Å². The Morgan fingerprint density at radius 1 is 1.23 bits per heavy atom. The Hall–Kier alpha value is -0.0800. The fourth-order valence-electron chi connectivity index (χ4n) is 1.22. The molecule has 1 unspecified atom stereocenters. The Bertz CT molecular complexity index is 104. The van der Waals surface area contributed by atoms with Crippen LogP contribution in [-0.2, 0) is 4.74 Å². The summed E-state index contributed by atoms with van der Waals surface area (Å²) in [6.07, 6.45) is 2.45. The molecule has 80 valence electrons. The summed E-state index contributed by atoms with van der Waals surface area (Å²) in [7, 11) is 0. The third kappa shape index (κ3) is 9.84. The summed E-state index contributed by atoms with van der Waals surface area (Å²) in [5, 5.41) is 3.45. The first-order valence-electron chi connectivity index (χ1n) is 5.48. The molecule has 0 aromatic rings. The van der Waals surface area contributed by atoms with Crippen LogP contribution in [0.4, 0.5) is 0 Å². The molecule has 0 aromatic carbocycles. The zero-order valence-corrected chi connectivity index (χ0v) is 9.60. The van der Waals surface area contributed by atoms with Gasteiger partial charge in [-0.15, -0.1) is 0 Å². The van der Waals surface area contributed by atoms with Crippen LogP contribution in [0.15, 0.2) is 0 Å². The minimum atomic E-state index is 0.606. The molecule has 0 aliphatic carbocycles. The number of nitrogens with one attached hydrogen (secondary N) is 1. The molecule has 0 saturated heterocycles. The number of ether oxygens (including phenoxy) is 1. The van der Waals surface area contributed by atoms with Crippen molar-refractivity contribution in [1.29, 1.82) is 0 Å². The second kappa shape index (κ2) is 8.52. The summed E-state index contributed by atoms with van der Waals surface area (Å²) in [5.74, 6) is 0.767. The van der Waals surface area contributed by atoms with E-state index < -0.39 is 0 Å². The predicted octanol–water partition coefficient (Wildman–Crippen LogP) is 2.44. The van der Waals surface area contributed by atoms with Crippen LogP contribution in [0.3, 0.4) is 0 Å². The first kappa shape index (κ1) is 12.9. The summed E-state index contributed by atoms with van der Waals surface area (Å²) in [6, 6.07) is 0.606. The van der Waals surface area contributed by atoms with Gasteiger partial charge in [0.1, 0.15) is 0 Å². The van der Waals surface area contributed by atoms with Gasteiger partial charge in [-0.25, -0.2) is 0 Å². The van der Waals surface area contributed by atoms with Crippen LogP contribution >= 0.6 is 0 Å². The third-order valence-electron chi connectivity index (χ3n) is 2.06. The lowest BCUT2D eigenvalue weighted by atomic mass is 10.1. The molecule has 0 aliphatic rings. The van der Waals surface area contributed by atoms with Crippen LogP contribution in [0.2, 0.25) is 0 Å². The number of hydrogen-bond acceptors (Lipinski definition) is 2. The SMILES string of the molecule is CCOCCCC(C)CNC(C)C. The summed E-state index contributed by atoms with van der Waals surface area (Å²) < 4.78 is 5.29. The van der Waals surface area contributed by atoms with E-state index in [-0.39, 0.29) is 0 Å². The Morgan fingerprint density at radius 3 is 2.46 bits per heavy atom. The summed E-state index contributed by atoms with van der Waals surface area (Å²) in [6.45, 7) is 11.6. The first-order chi connectivity index (χ1) is 6.16. The molecular weight excluding hydrogens is 162 g/mol. The van der Waals surface area contributed by atoms with Gasteiger partial charge in [-0.3, -0.25) is 0 Å². The molecule has 0 saturated carbocycles. The van der Waals surface area contributed by atoms with Gasteiger partial charge in [0.25, 0.3) is 0 Å². The molecule has 0 rings (SSSR count). The molecule has 0 amide bonds. The number of hydrogen-bond donors (Lipinski definition) is 1. The van der Waals surface area contributed by atoms with Crippen molar-refractivity contribution < 1.29 is 4.74 Å². The van der Waals surface area contributed by atoms with E-state index in [1.807, 2.05) is 6.92 Å². The maximum atomic E-state index is 5.29. The van der Waals surface area contributed by atoms with Crippen LogP contribution in [0.5, 0.6) is 0 Å². The predicted molar refractivity (Wildman–Crippen MR) is 58.0 cm³/mol. The van der Waals surface area contributed by atoms with Crippen molar-refractivity contribution in [3.63, 3.8) is 0 Å². The molecule has 0 fully saturated rings. The molecular formula is C11H25NO. The molecule has 2 nitrogen and oxygen atoms in total. The lowest BCUT2D eigenvalue weighted by Crippen LogP contribution is -2.27. The quantitative estimate of drug-likeness (QED) is 0.589. The highest BCUT2D eigenvalue weighted by atomic mass is 16.5. The highest BCUT2D eigenvalue weighted by Crippen LogP contribution is 2.04. The highest BCUT2D eigenvalue weighted by molar-refractivity contribution is 4.59. The van der Waals surface area contributed by atoms with Crippen LogP contribution in [0.1, 0.15) is 40.5 Å². The van der Waals surface area contributed by atoms with Crippen molar-refractivity contribution in [2.75, 3.05) is 19.8 Å². The number of rotatable bonds is 8. The average molecular weight is 187 g/mol. The standard InChI is InChI=1S/C11H25NO/c1-5-13-8-6-7-11(4)9-12-10(2)3/h10-12H,5-9H2,1-4H3. The van der Waals surface area contributed by atoms with Gasteiger partial charge >= 0.3 is 0 Å². The average Bonchev–Trinajstić information content (AvgIpc) is 2.09. The Labute approximate surface area is 83.1 Å². The molecule has 0 radical (unpaired) electrons. The lowest BCUT2D eigenvalue weighted by Gasteiger charge is -2.14. The van der Waals surface area contributed by atoms with Crippen molar-refractivity contribution in [2.24, 2.45) is 5.92 Å². The maximum absolute atomic E-state index is 5.29. The van der Waals surface area contributed by atoms with Gasteiger partial charge in [0.05, 0.1) is 0 Å². The minimum Gasteiger partial charge on any atom is -0.382 e. The largest absolute Gasteiger partial charge is 0.382 e. The minimum absolute atomic E-state index is 0.606. The summed E-state index contributed by atoms with van der Waals surface area (Å²) in [4.78, 5) is 0. The van der Waals surface area contributed by atoms with E-state index in [0.29, 0.717) is 6.04 Å². The van der Waals surface area contributed by atoms with Gasteiger partial charge < -0.3 is 10.1 Å². The van der Waals surface area contributed by atoms with E-state index in [1.54, 1.807) is 0 Å². The second-order valence-electron chi connectivity index (χ2n) is 4.01. The van der Waals surface area contributed by atoms with E-state index in [0.717, 1.165) is 25.7 Å². The van der Waals surface area contributed by atoms with Gasteiger partial charge in [0.15, 0.2) is 0 Å². The molecule has 1 atom stereocenters. The van der Waals surface area contributed by atoms with Gasteiger partial charge in [0.2, 0.25) is 0 Å². The maximum Gasteiger partial charge on any atom is 0.0466 e. The monoisotopic (exact) mass is 187 g/mol. The van der Waals surface area contributed by atoms with Crippen LogP contribution in [0, 0.1) is 5.92 Å². The molecule has 13 heavy (non-hydrogen) atoms. The van der Waals surface area contributed by atoms with E-state index in [2.05, 4.69) is 26.1 Å². The molecule has 2 heteroatoms. The zero-order valence-electron chi connectivity index (χ0n) is 9.60. The van der Waals surface area contributed by atoms with E-state index in [9.17, 15) is 0 Å². The molecule has 0 bridgehead atoms. The highest BCUT2D eigenvalue weighted by Gasteiger charge is 2.02. The van der Waals surface area contributed by atoms with Gasteiger partial charge in [-0.2, -0.15) is 0 Å². The molecule has 0 aliphatic heterocycles. The fourth-order valence-corrected chi connectivity index (χ4v) is 1.22. The Kier molecular flexibility index (Phi) is 8.46. The first-order valence-corrected chi connectivity index (χ1v) is 5.48. The van der Waals surface area contributed by atoms with Crippen LogP contribution < -0.4 is 5.32 Å². The molecule has 1 N–H and O–H groups in total. The van der Waals surface area contributed by atoms with E-state index >= 15 is 0 Å². The van der Waals surface area contributed by atoms with E-state index in [4.69, 9.17) is 4.74 Å². The topological polar surface area (TPSA) is 21.3 Å². The normalized spacial score (nSPS) is 13.6. The van der Waals surface area contributed by atoms with E-state index in [1.165, 1.54) is 12.8 Å². The molecule has 0 spiro atoms. The molecule has 0 heterocycles. The lowest BCUT2D eigenvalue weighted by molar-refractivity contribution is 0.140. The second-order valence-corrected chi connectivity index (χ2v) is 4.01. The zero-order chi connectivity index (χ0) is 10.1. The van der Waals surface area contributed by atoms with Crippen molar-refractivity contribution in [3.8, 4) is 0 Å². The smallest absolute Gasteiger partial charge is 0.0466 e. The van der Waals surface area contributed by atoms with Gasteiger partial charge in [-0.05, 0) is 32.2 Å². The van der Waals surface area contributed by atoms with Crippen LogP contribution in [-0.4, -0.2) is 25.8 Å². The summed E-state index contributed by atoms with van der Waals surface area (Å²) in [5.41, 5.74) is 0. The van der Waals surface area contributed by atoms with Crippen molar-refractivity contribution in [2.45, 2.75) is 46.6 Å². The summed E-state index contributed by atoms with van der Waals surface area (Å²) >= 11 is 0. The molecule has 0 aromatic heterocycles. The van der Waals surface area contributed by atoms with Crippen molar-refractivity contribution in [3.05, 3.63) is 0 Å². The van der Waals surface area contributed by atoms with Crippen LogP contribution in [0.25, 0.3) is 0 Å². The van der Waals surface area contributed by atoms with Crippen molar-refractivity contribution in [1.82, 2.24) is 5.32 Å². The fraction of sp³-hybridized carbons (Fsp3) is 1.00.